The number of aromatic nitrogens is 1. The molecule has 1 rings (SSSR count). The van der Waals surface area contributed by atoms with Crippen LogP contribution in [-0.4, -0.2) is 11.5 Å². The smallest absolute Gasteiger partial charge is 0.285 e. The minimum atomic E-state index is 0.801. The molecule has 0 amide bonds. The van der Waals surface area contributed by atoms with E-state index in [9.17, 15) is 0 Å². The van der Waals surface area contributed by atoms with Gasteiger partial charge in [-0.25, -0.2) is 4.98 Å². The molecule has 0 spiro atoms. The van der Waals surface area contributed by atoms with Gasteiger partial charge < -0.3 is 9.73 Å². The Labute approximate surface area is 79.5 Å². The maximum absolute atomic E-state index is 5.12. The molecule has 1 N–H and O–H groups in total. The highest BCUT2D eigenvalue weighted by atomic mass is 16.4. The molecule has 0 saturated heterocycles. The molecule has 1 radical (unpaired) electrons. The summed E-state index contributed by atoms with van der Waals surface area (Å²) < 4.78 is 5.12. The van der Waals surface area contributed by atoms with Crippen LogP contribution in [0.1, 0.15) is 38.8 Å². The van der Waals surface area contributed by atoms with E-state index < -0.39 is 0 Å². The summed E-state index contributed by atoms with van der Waals surface area (Å²) in [5, 5.41) is 3.22. The molecule has 73 valence electrons. The molecule has 13 heavy (non-hydrogen) atoms. The molecule has 0 aliphatic carbocycles. The number of aryl methyl sites for hydroxylation is 1. The Morgan fingerprint density at radius 3 is 2.92 bits per heavy atom. The van der Waals surface area contributed by atoms with Gasteiger partial charge in [-0.15, -0.1) is 0 Å². The highest BCUT2D eigenvalue weighted by Gasteiger charge is 2.05. The van der Waals surface area contributed by atoms with Crippen molar-refractivity contribution in [3.8, 4) is 0 Å². The predicted molar refractivity (Wildman–Crippen MR) is 52.7 cm³/mol. The van der Waals surface area contributed by atoms with E-state index in [1.54, 1.807) is 0 Å². The topological polar surface area (TPSA) is 38.1 Å². The van der Waals surface area contributed by atoms with E-state index in [1.165, 1.54) is 6.42 Å². The van der Waals surface area contributed by atoms with Gasteiger partial charge in [-0.3, -0.25) is 0 Å². The zero-order valence-corrected chi connectivity index (χ0v) is 8.39. The van der Waals surface area contributed by atoms with Crippen molar-refractivity contribution in [2.75, 3.05) is 11.9 Å². The van der Waals surface area contributed by atoms with Crippen LogP contribution in [0.5, 0.6) is 0 Å². The maximum atomic E-state index is 5.12. The van der Waals surface area contributed by atoms with Gasteiger partial charge in [-0.1, -0.05) is 26.7 Å². The van der Waals surface area contributed by atoms with Crippen molar-refractivity contribution in [1.82, 2.24) is 4.98 Å². The third-order valence-corrected chi connectivity index (χ3v) is 1.89. The minimum Gasteiger partial charge on any atom is -0.416 e. The van der Waals surface area contributed by atoms with Crippen molar-refractivity contribution in [2.24, 2.45) is 0 Å². The Hall–Kier alpha value is -0.990. The number of nitrogens with one attached hydrogen (secondary N) is 1. The third kappa shape index (κ3) is 3.09. The molecule has 1 aromatic rings. The Morgan fingerprint density at radius 1 is 1.38 bits per heavy atom. The normalized spacial score (nSPS) is 10.3. The first-order chi connectivity index (χ1) is 6.38. The van der Waals surface area contributed by atoms with Gasteiger partial charge in [-0.05, 0) is 12.8 Å². The minimum absolute atomic E-state index is 0.801. The summed E-state index contributed by atoms with van der Waals surface area (Å²) in [5.74, 6) is 0.801. The lowest BCUT2D eigenvalue weighted by Crippen LogP contribution is -2.02. The summed E-state index contributed by atoms with van der Waals surface area (Å²) in [7, 11) is 0. The van der Waals surface area contributed by atoms with E-state index in [0.717, 1.165) is 37.4 Å². The quantitative estimate of drug-likeness (QED) is 0.685. The molecule has 0 unspecified atom stereocenters. The van der Waals surface area contributed by atoms with E-state index in [0.29, 0.717) is 0 Å². The number of unbranched alkanes of at least 4 members (excludes halogenated alkanes) is 1. The second-order valence-electron chi connectivity index (χ2n) is 3.11. The van der Waals surface area contributed by atoms with Gasteiger partial charge in [0.15, 0.2) is 0 Å². The Balaban J connectivity index is 2.40. The van der Waals surface area contributed by atoms with E-state index in [2.05, 4.69) is 30.5 Å². The van der Waals surface area contributed by atoms with Crippen molar-refractivity contribution < 1.29 is 4.42 Å². The summed E-state index contributed by atoms with van der Waals surface area (Å²) in [4.78, 5) is 4.03. The standard InChI is InChI=1S/C10H17N2O/c1-3-5-7-11-10-9(6-4-2)12-8-13-10/h11H,3-7H2,1-2H3. The van der Waals surface area contributed by atoms with E-state index in [1.807, 2.05) is 0 Å². The van der Waals surface area contributed by atoms with Crippen LogP contribution in [0.4, 0.5) is 5.88 Å². The van der Waals surface area contributed by atoms with Gasteiger partial charge in [-0.2, -0.15) is 0 Å². The lowest BCUT2D eigenvalue weighted by molar-refractivity contribution is 0.556. The van der Waals surface area contributed by atoms with Gasteiger partial charge in [0, 0.05) is 6.54 Å². The van der Waals surface area contributed by atoms with Crippen molar-refractivity contribution in [1.29, 1.82) is 0 Å². The summed E-state index contributed by atoms with van der Waals surface area (Å²) in [6.45, 7) is 5.25. The maximum Gasteiger partial charge on any atom is 0.285 e. The summed E-state index contributed by atoms with van der Waals surface area (Å²) in [6.07, 6.45) is 6.92. The van der Waals surface area contributed by atoms with Gasteiger partial charge in [0.2, 0.25) is 5.88 Å². The third-order valence-electron chi connectivity index (χ3n) is 1.89. The van der Waals surface area contributed by atoms with Crippen LogP contribution < -0.4 is 5.32 Å². The molecule has 0 aliphatic rings. The number of rotatable bonds is 6. The lowest BCUT2D eigenvalue weighted by Gasteiger charge is -2.02. The number of hydrogen-bond donors (Lipinski definition) is 1. The molecule has 0 atom stereocenters. The summed E-state index contributed by atoms with van der Waals surface area (Å²) in [6, 6.07) is 0. The summed E-state index contributed by atoms with van der Waals surface area (Å²) >= 11 is 0. The molecular formula is C10H17N2O. The molecule has 0 aliphatic heterocycles. The summed E-state index contributed by atoms with van der Waals surface area (Å²) in [5.41, 5.74) is 0.999. The first-order valence-corrected chi connectivity index (χ1v) is 4.98. The largest absolute Gasteiger partial charge is 0.416 e. The molecule has 3 heteroatoms. The second kappa shape index (κ2) is 5.62. The van der Waals surface area contributed by atoms with Gasteiger partial charge in [0.25, 0.3) is 6.39 Å². The molecule has 1 aromatic heterocycles. The fourth-order valence-electron chi connectivity index (χ4n) is 1.16. The highest BCUT2D eigenvalue weighted by Crippen LogP contribution is 2.14. The highest BCUT2D eigenvalue weighted by molar-refractivity contribution is 5.35. The zero-order valence-electron chi connectivity index (χ0n) is 8.39. The average Bonchev–Trinajstić information content (AvgIpc) is 2.54. The molecule has 0 fully saturated rings. The zero-order chi connectivity index (χ0) is 9.52. The second-order valence-corrected chi connectivity index (χ2v) is 3.11. The molecule has 0 bridgehead atoms. The van der Waals surface area contributed by atoms with Crippen LogP contribution in [0.3, 0.4) is 0 Å². The van der Waals surface area contributed by atoms with Crippen LogP contribution in [0.15, 0.2) is 4.42 Å². The van der Waals surface area contributed by atoms with Gasteiger partial charge >= 0.3 is 0 Å². The lowest BCUT2D eigenvalue weighted by atomic mass is 10.2. The van der Waals surface area contributed by atoms with Crippen LogP contribution in [0.2, 0.25) is 0 Å². The number of anilines is 1. The van der Waals surface area contributed by atoms with Gasteiger partial charge in [0.1, 0.15) is 5.69 Å². The Kier molecular flexibility index (Phi) is 4.36. The Bertz CT molecular complexity index is 233. The number of hydrogen-bond acceptors (Lipinski definition) is 3. The number of oxazole rings is 1. The van der Waals surface area contributed by atoms with Crippen LogP contribution in [0, 0.1) is 6.39 Å². The fourth-order valence-corrected chi connectivity index (χ4v) is 1.16. The van der Waals surface area contributed by atoms with Crippen LogP contribution in [-0.2, 0) is 6.42 Å². The van der Waals surface area contributed by atoms with E-state index in [4.69, 9.17) is 4.42 Å². The molecule has 0 saturated carbocycles. The monoisotopic (exact) mass is 181 g/mol. The molecule has 0 aromatic carbocycles. The van der Waals surface area contributed by atoms with Crippen molar-refractivity contribution in [2.45, 2.75) is 39.5 Å². The van der Waals surface area contributed by atoms with Crippen molar-refractivity contribution in [3.63, 3.8) is 0 Å². The van der Waals surface area contributed by atoms with Crippen molar-refractivity contribution in [3.05, 3.63) is 12.1 Å². The number of nitrogens with zero attached hydrogens (tertiary/aromatic N) is 1. The van der Waals surface area contributed by atoms with Crippen LogP contribution in [0.25, 0.3) is 0 Å². The molecule has 1 heterocycles. The Morgan fingerprint density at radius 2 is 2.23 bits per heavy atom. The fraction of sp³-hybridized carbons (Fsp3) is 0.700. The predicted octanol–water partition coefficient (Wildman–Crippen LogP) is 2.64. The first-order valence-electron chi connectivity index (χ1n) is 4.98. The average molecular weight is 181 g/mol. The van der Waals surface area contributed by atoms with Crippen LogP contribution >= 0.6 is 0 Å². The SMILES string of the molecule is CCCCNc1o[c]nc1CCC. The van der Waals surface area contributed by atoms with Gasteiger partial charge in [0.05, 0.1) is 0 Å². The molecular weight excluding hydrogens is 164 g/mol. The van der Waals surface area contributed by atoms with E-state index >= 15 is 0 Å². The first kappa shape index (κ1) is 10.1. The molecule has 3 nitrogen and oxygen atoms in total. The van der Waals surface area contributed by atoms with E-state index in [-0.39, 0.29) is 0 Å². The van der Waals surface area contributed by atoms with Crippen molar-refractivity contribution >= 4 is 5.88 Å².